The zero-order valence-corrected chi connectivity index (χ0v) is 15.5. The molecule has 0 atom stereocenters. The molecule has 0 aliphatic rings. The molecule has 9 heteroatoms. The van der Waals surface area contributed by atoms with E-state index in [1.165, 1.54) is 17.8 Å². The van der Waals surface area contributed by atoms with Crippen molar-refractivity contribution in [3.63, 3.8) is 0 Å². The second-order valence-corrected chi connectivity index (χ2v) is 6.66. The van der Waals surface area contributed by atoms with Crippen molar-refractivity contribution in [3.05, 3.63) is 76.9 Å². The molecule has 3 rings (SSSR count). The number of carbonyl (C=O) groups excluding carboxylic acids is 2. The van der Waals surface area contributed by atoms with Crippen molar-refractivity contribution >= 4 is 23.5 Å². The lowest BCUT2D eigenvalue weighted by molar-refractivity contribution is 0.0470. The molecule has 0 aliphatic carbocycles. The third-order valence-corrected chi connectivity index (χ3v) is 4.65. The van der Waals surface area contributed by atoms with E-state index in [0.717, 1.165) is 18.2 Å². The number of benzene rings is 2. The standard InChI is InChI=1S/C19H14F2N2O4S/c1-11-22-18(27-23-11)10-28-17-5-3-2-4-13(17)19(25)26-9-16(24)14-8-12(20)6-7-15(14)21/h2-8H,9-10H2,1H3. The summed E-state index contributed by atoms with van der Waals surface area (Å²) in [7, 11) is 0. The lowest BCUT2D eigenvalue weighted by Crippen LogP contribution is -2.16. The number of ether oxygens (including phenoxy) is 1. The number of hydrogen-bond acceptors (Lipinski definition) is 7. The first-order chi connectivity index (χ1) is 13.4. The summed E-state index contributed by atoms with van der Waals surface area (Å²) >= 11 is 1.29. The zero-order valence-electron chi connectivity index (χ0n) is 14.6. The Kier molecular flexibility index (Phi) is 6.15. The van der Waals surface area contributed by atoms with Crippen LogP contribution in [0.5, 0.6) is 0 Å². The number of ketones is 1. The molecule has 2 aromatic carbocycles. The van der Waals surface area contributed by atoms with E-state index in [1.54, 1.807) is 25.1 Å². The molecular weight excluding hydrogens is 390 g/mol. The number of Topliss-reactive ketones (excluding diaryl/α,β-unsaturated/α-hetero) is 1. The minimum absolute atomic E-state index is 0.233. The Morgan fingerprint density at radius 2 is 1.93 bits per heavy atom. The maximum absolute atomic E-state index is 13.6. The fourth-order valence-electron chi connectivity index (χ4n) is 2.30. The third-order valence-electron chi connectivity index (χ3n) is 3.59. The smallest absolute Gasteiger partial charge is 0.339 e. The molecule has 28 heavy (non-hydrogen) atoms. The van der Waals surface area contributed by atoms with Gasteiger partial charge >= 0.3 is 5.97 Å². The van der Waals surface area contributed by atoms with Gasteiger partial charge in [-0.3, -0.25) is 4.79 Å². The van der Waals surface area contributed by atoms with Gasteiger partial charge in [-0.15, -0.1) is 11.8 Å². The lowest BCUT2D eigenvalue weighted by Gasteiger charge is -2.09. The van der Waals surface area contributed by atoms with E-state index >= 15 is 0 Å². The molecule has 3 aromatic rings. The quantitative estimate of drug-likeness (QED) is 0.335. The van der Waals surface area contributed by atoms with Gasteiger partial charge in [-0.05, 0) is 37.3 Å². The van der Waals surface area contributed by atoms with E-state index in [2.05, 4.69) is 10.1 Å². The number of nitrogens with zero attached hydrogens (tertiary/aromatic N) is 2. The third kappa shape index (κ3) is 4.80. The Labute approximate surface area is 162 Å². The number of hydrogen-bond donors (Lipinski definition) is 0. The Hall–Kier alpha value is -3.07. The van der Waals surface area contributed by atoms with Crippen LogP contribution in [0.1, 0.15) is 32.4 Å². The van der Waals surface area contributed by atoms with Crippen LogP contribution in [0.25, 0.3) is 0 Å². The average Bonchev–Trinajstić information content (AvgIpc) is 3.11. The number of thioether (sulfide) groups is 1. The van der Waals surface area contributed by atoms with Crippen molar-refractivity contribution in [2.24, 2.45) is 0 Å². The average molecular weight is 404 g/mol. The molecule has 0 amide bonds. The zero-order chi connectivity index (χ0) is 20.1. The number of esters is 1. The first kappa shape index (κ1) is 19.7. The molecule has 0 bridgehead atoms. The van der Waals surface area contributed by atoms with Gasteiger partial charge in [0.05, 0.1) is 16.9 Å². The monoisotopic (exact) mass is 404 g/mol. The van der Waals surface area contributed by atoms with Crippen LogP contribution in [0, 0.1) is 18.6 Å². The molecule has 6 nitrogen and oxygen atoms in total. The van der Waals surface area contributed by atoms with E-state index in [1.807, 2.05) is 0 Å². The Morgan fingerprint density at radius 3 is 2.68 bits per heavy atom. The van der Waals surface area contributed by atoms with Crippen molar-refractivity contribution in [3.8, 4) is 0 Å². The second-order valence-electron chi connectivity index (χ2n) is 5.64. The van der Waals surface area contributed by atoms with Gasteiger partial charge in [-0.25, -0.2) is 13.6 Å². The number of aryl methyl sites for hydroxylation is 1. The normalized spacial score (nSPS) is 10.7. The summed E-state index contributed by atoms with van der Waals surface area (Å²) in [6, 6.07) is 9.14. The molecule has 1 heterocycles. The molecule has 0 aliphatic heterocycles. The van der Waals surface area contributed by atoms with Crippen molar-refractivity contribution in [2.75, 3.05) is 6.61 Å². The summed E-state index contributed by atoms with van der Waals surface area (Å²) < 4.78 is 36.9. The topological polar surface area (TPSA) is 82.3 Å². The molecule has 1 aromatic heterocycles. The van der Waals surface area contributed by atoms with Crippen LogP contribution in [-0.4, -0.2) is 28.5 Å². The fourth-order valence-corrected chi connectivity index (χ4v) is 3.17. The van der Waals surface area contributed by atoms with E-state index < -0.39 is 35.6 Å². The van der Waals surface area contributed by atoms with Crippen LogP contribution in [0.15, 0.2) is 51.9 Å². The first-order valence-electron chi connectivity index (χ1n) is 8.10. The molecule has 0 unspecified atom stereocenters. The number of rotatable bonds is 7. The number of halogens is 2. The van der Waals surface area contributed by atoms with Gasteiger partial charge in [-0.1, -0.05) is 17.3 Å². The summed E-state index contributed by atoms with van der Waals surface area (Å²) in [6.07, 6.45) is 0. The van der Waals surface area contributed by atoms with Crippen LogP contribution >= 0.6 is 11.8 Å². The predicted octanol–water partition coefficient (Wildman–Crippen LogP) is 3.99. The molecule has 0 fully saturated rings. The maximum Gasteiger partial charge on any atom is 0.339 e. The Morgan fingerprint density at radius 1 is 1.14 bits per heavy atom. The van der Waals surface area contributed by atoms with Crippen LogP contribution in [0.4, 0.5) is 8.78 Å². The summed E-state index contributed by atoms with van der Waals surface area (Å²) in [5.41, 5.74) is -0.238. The summed E-state index contributed by atoms with van der Waals surface area (Å²) in [4.78, 5) is 29.1. The van der Waals surface area contributed by atoms with Crippen molar-refractivity contribution in [1.82, 2.24) is 10.1 Å². The van der Waals surface area contributed by atoms with E-state index in [-0.39, 0.29) is 5.56 Å². The number of aromatic nitrogens is 2. The van der Waals surface area contributed by atoms with Gasteiger partial charge in [0.1, 0.15) is 11.6 Å². The van der Waals surface area contributed by atoms with Crippen LogP contribution < -0.4 is 0 Å². The Bertz CT molecular complexity index is 1020. The maximum atomic E-state index is 13.6. The molecule has 0 saturated heterocycles. The predicted molar refractivity (Wildman–Crippen MR) is 96.0 cm³/mol. The highest BCUT2D eigenvalue weighted by Crippen LogP contribution is 2.26. The van der Waals surface area contributed by atoms with Gasteiger partial charge in [0.15, 0.2) is 12.4 Å². The molecule has 144 valence electrons. The molecule has 0 radical (unpaired) electrons. The Balaban J connectivity index is 1.65. The summed E-state index contributed by atoms with van der Waals surface area (Å²) in [6.45, 7) is 0.989. The largest absolute Gasteiger partial charge is 0.454 e. The molecule has 0 N–H and O–H groups in total. The highest BCUT2D eigenvalue weighted by Gasteiger charge is 2.18. The molecular formula is C19H14F2N2O4S. The molecule has 0 saturated carbocycles. The first-order valence-corrected chi connectivity index (χ1v) is 9.09. The highest BCUT2D eigenvalue weighted by molar-refractivity contribution is 7.98. The molecule has 0 spiro atoms. The van der Waals surface area contributed by atoms with E-state index in [9.17, 15) is 18.4 Å². The van der Waals surface area contributed by atoms with Gasteiger partial charge in [0.25, 0.3) is 0 Å². The lowest BCUT2D eigenvalue weighted by atomic mass is 10.1. The second kappa shape index (κ2) is 8.75. The summed E-state index contributed by atoms with van der Waals surface area (Å²) in [5, 5.41) is 3.69. The van der Waals surface area contributed by atoms with Crippen LogP contribution in [0.2, 0.25) is 0 Å². The van der Waals surface area contributed by atoms with Crippen LogP contribution in [0.3, 0.4) is 0 Å². The van der Waals surface area contributed by atoms with E-state index in [0.29, 0.717) is 22.4 Å². The van der Waals surface area contributed by atoms with Gasteiger partial charge in [0, 0.05) is 4.90 Å². The SMILES string of the molecule is Cc1noc(CSc2ccccc2C(=O)OCC(=O)c2cc(F)ccc2F)n1. The van der Waals surface area contributed by atoms with Crippen LogP contribution in [-0.2, 0) is 10.5 Å². The van der Waals surface area contributed by atoms with Crippen molar-refractivity contribution in [2.45, 2.75) is 17.6 Å². The highest BCUT2D eigenvalue weighted by atomic mass is 32.2. The van der Waals surface area contributed by atoms with Crippen molar-refractivity contribution in [1.29, 1.82) is 0 Å². The minimum Gasteiger partial charge on any atom is -0.454 e. The van der Waals surface area contributed by atoms with Gasteiger partial charge < -0.3 is 9.26 Å². The number of carbonyl (C=O) groups is 2. The van der Waals surface area contributed by atoms with Gasteiger partial charge in [0.2, 0.25) is 11.7 Å². The van der Waals surface area contributed by atoms with Crippen molar-refractivity contribution < 1.29 is 27.6 Å². The summed E-state index contributed by atoms with van der Waals surface area (Å²) in [5.74, 6) is -1.97. The minimum atomic E-state index is -0.881. The van der Waals surface area contributed by atoms with E-state index in [4.69, 9.17) is 9.26 Å². The van der Waals surface area contributed by atoms with Gasteiger partial charge in [-0.2, -0.15) is 4.98 Å². The fraction of sp³-hybridized carbons (Fsp3) is 0.158.